The maximum Gasteiger partial charge on any atom is 0.513 e. The molecule has 1 atom stereocenters. The summed E-state index contributed by atoms with van der Waals surface area (Å²) in [5, 5.41) is 0. The van der Waals surface area contributed by atoms with Gasteiger partial charge >= 0.3 is 6.16 Å². The Kier molecular flexibility index (Phi) is 8.36. The number of carbonyl (C=O) groups excluding carboxylic acids is 2. The average Bonchev–Trinajstić information content (AvgIpc) is 3.07. The number of rotatable bonds is 9. The van der Waals surface area contributed by atoms with Crippen molar-refractivity contribution >= 4 is 12.1 Å². The summed E-state index contributed by atoms with van der Waals surface area (Å²) in [6, 6.07) is 9.83. The molecule has 2 aromatic carbocycles. The van der Waals surface area contributed by atoms with E-state index in [2.05, 4.69) is 11.9 Å². The van der Waals surface area contributed by atoms with Crippen LogP contribution in [-0.2, 0) is 28.8 Å². The van der Waals surface area contributed by atoms with E-state index in [0.717, 1.165) is 56.9 Å². The van der Waals surface area contributed by atoms with Crippen LogP contribution in [0.2, 0.25) is 0 Å². The molecular weight excluding hydrogens is 460 g/mol. The van der Waals surface area contributed by atoms with E-state index < -0.39 is 6.16 Å². The molecule has 1 amide bonds. The molecular formula is C28H36N2O6. The number of methoxy groups -OCH3 is 2. The Morgan fingerprint density at radius 1 is 1.00 bits per heavy atom. The van der Waals surface area contributed by atoms with Crippen molar-refractivity contribution in [2.75, 3.05) is 54.1 Å². The van der Waals surface area contributed by atoms with E-state index in [1.165, 1.54) is 22.3 Å². The molecule has 4 rings (SSSR count). The molecule has 8 heteroatoms. The average molecular weight is 497 g/mol. The van der Waals surface area contributed by atoms with Crippen molar-refractivity contribution < 1.29 is 28.5 Å². The van der Waals surface area contributed by atoms with Gasteiger partial charge in [0.2, 0.25) is 5.91 Å². The number of hydrogen-bond donors (Lipinski definition) is 0. The van der Waals surface area contributed by atoms with Crippen LogP contribution in [0.15, 0.2) is 30.3 Å². The van der Waals surface area contributed by atoms with Crippen LogP contribution in [0.5, 0.6) is 17.2 Å². The van der Waals surface area contributed by atoms with Crippen LogP contribution in [-0.4, -0.2) is 75.9 Å². The predicted molar refractivity (Wildman–Crippen MR) is 136 cm³/mol. The summed E-state index contributed by atoms with van der Waals surface area (Å²) < 4.78 is 20.9. The molecule has 1 aliphatic heterocycles. The number of nitrogens with zero attached hydrogens (tertiary/aromatic N) is 2. The second-order valence-electron chi connectivity index (χ2n) is 9.42. The smallest absolute Gasteiger partial charge is 0.493 e. The zero-order valence-corrected chi connectivity index (χ0v) is 21.7. The summed E-state index contributed by atoms with van der Waals surface area (Å²) in [7, 11) is 5.36. The largest absolute Gasteiger partial charge is 0.513 e. The Morgan fingerprint density at radius 2 is 1.67 bits per heavy atom. The van der Waals surface area contributed by atoms with Crippen LogP contribution >= 0.6 is 0 Å². The minimum Gasteiger partial charge on any atom is -0.493 e. The van der Waals surface area contributed by atoms with Crippen LogP contribution < -0.4 is 14.2 Å². The highest BCUT2D eigenvalue weighted by Crippen LogP contribution is 2.38. The van der Waals surface area contributed by atoms with Gasteiger partial charge in [-0.15, -0.1) is 0 Å². The Balaban J connectivity index is 1.24. The van der Waals surface area contributed by atoms with Crippen molar-refractivity contribution in [2.45, 2.75) is 38.5 Å². The van der Waals surface area contributed by atoms with Gasteiger partial charge in [-0.05, 0) is 79.8 Å². The van der Waals surface area contributed by atoms with Crippen LogP contribution in [0.25, 0.3) is 0 Å². The predicted octanol–water partition coefficient (Wildman–Crippen LogP) is 3.83. The van der Waals surface area contributed by atoms with Gasteiger partial charge in [-0.2, -0.15) is 0 Å². The second kappa shape index (κ2) is 11.6. The summed E-state index contributed by atoms with van der Waals surface area (Å²) in [4.78, 5) is 28.7. The molecule has 2 aliphatic rings. The number of ether oxygens (including phenoxy) is 4. The number of carbonyl (C=O) groups is 2. The lowest BCUT2D eigenvalue weighted by atomic mass is 9.77. The van der Waals surface area contributed by atoms with E-state index in [0.29, 0.717) is 18.1 Å². The first-order valence-corrected chi connectivity index (χ1v) is 12.6. The van der Waals surface area contributed by atoms with Gasteiger partial charge in [-0.1, -0.05) is 6.07 Å². The highest BCUT2D eigenvalue weighted by molar-refractivity contribution is 5.76. The minimum absolute atomic E-state index is 0.198. The highest BCUT2D eigenvalue weighted by Gasteiger charge is 2.28. The Hall–Kier alpha value is -3.26. The summed E-state index contributed by atoms with van der Waals surface area (Å²) in [5.41, 5.74) is 4.92. The summed E-state index contributed by atoms with van der Waals surface area (Å²) in [5.74, 6) is 2.61. The molecule has 0 fully saturated rings. The van der Waals surface area contributed by atoms with Crippen molar-refractivity contribution in [1.82, 2.24) is 9.80 Å². The lowest BCUT2D eigenvalue weighted by molar-refractivity contribution is -0.131. The molecule has 1 aliphatic carbocycles. The maximum absolute atomic E-state index is 13.0. The standard InChI is InChI=1S/C28H36N2O6/c1-5-35-28(32)36-23-6-7-24-21(15-23)14-22(24)18-29(2)11-10-27(31)30-12-8-19-16-25(33-3)26(34-4)17-20(19)9-13-30/h6-7,15-17,22H,5,8-14,18H2,1-4H3. The van der Waals surface area contributed by atoms with Gasteiger partial charge < -0.3 is 28.7 Å². The van der Waals surface area contributed by atoms with E-state index in [4.69, 9.17) is 18.9 Å². The van der Waals surface area contributed by atoms with Crippen molar-refractivity contribution in [1.29, 1.82) is 0 Å². The van der Waals surface area contributed by atoms with Crippen LogP contribution in [0.4, 0.5) is 4.79 Å². The van der Waals surface area contributed by atoms with E-state index in [1.807, 2.05) is 35.2 Å². The van der Waals surface area contributed by atoms with Crippen molar-refractivity contribution in [3.8, 4) is 17.2 Å². The molecule has 0 bridgehead atoms. The van der Waals surface area contributed by atoms with Crippen LogP contribution in [0, 0.1) is 0 Å². The molecule has 194 valence electrons. The SMILES string of the molecule is CCOC(=O)Oc1ccc2c(c1)CC2CN(C)CCC(=O)N1CCc2cc(OC)c(OC)cc2CC1. The summed E-state index contributed by atoms with van der Waals surface area (Å²) in [6.07, 6.45) is 2.40. The molecule has 2 aromatic rings. The first-order valence-electron chi connectivity index (χ1n) is 12.6. The van der Waals surface area contributed by atoms with Gasteiger partial charge in [0.1, 0.15) is 5.75 Å². The third-order valence-corrected chi connectivity index (χ3v) is 7.08. The number of hydrogen-bond acceptors (Lipinski definition) is 7. The first-order chi connectivity index (χ1) is 17.4. The zero-order chi connectivity index (χ0) is 25.7. The summed E-state index contributed by atoms with van der Waals surface area (Å²) in [6.45, 7) is 5.09. The van der Waals surface area contributed by atoms with E-state index >= 15 is 0 Å². The van der Waals surface area contributed by atoms with Gasteiger partial charge in [0.15, 0.2) is 11.5 Å². The molecule has 8 nitrogen and oxygen atoms in total. The van der Waals surface area contributed by atoms with E-state index in [9.17, 15) is 9.59 Å². The van der Waals surface area contributed by atoms with Crippen molar-refractivity contribution in [2.24, 2.45) is 0 Å². The molecule has 0 N–H and O–H groups in total. The fourth-order valence-corrected chi connectivity index (χ4v) is 5.08. The molecule has 0 spiro atoms. The van der Waals surface area contributed by atoms with E-state index in [-0.39, 0.29) is 12.5 Å². The molecule has 0 saturated carbocycles. The summed E-state index contributed by atoms with van der Waals surface area (Å²) >= 11 is 0. The monoisotopic (exact) mass is 496 g/mol. The molecule has 36 heavy (non-hydrogen) atoms. The van der Waals surface area contributed by atoms with Gasteiger partial charge in [0, 0.05) is 38.5 Å². The first kappa shape index (κ1) is 25.8. The van der Waals surface area contributed by atoms with Gasteiger partial charge in [0.05, 0.1) is 20.8 Å². The quantitative estimate of drug-likeness (QED) is 0.386. The third-order valence-electron chi connectivity index (χ3n) is 7.08. The van der Waals surface area contributed by atoms with Crippen molar-refractivity contribution in [3.05, 3.63) is 52.6 Å². The molecule has 1 heterocycles. The fraction of sp³-hybridized carbons (Fsp3) is 0.500. The number of fused-ring (bicyclic) bond motifs is 2. The third kappa shape index (κ3) is 5.93. The Morgan fingerprint density at radius 3 is 2.25 bits per heavy atom. The number of amides is 1. The van der Waals surface area contributed by atoms with E-state index in [1.54, 1.807) is 21.1 Å². The Labute approximate surface area is 213 Å². The van der Waals surface area contributed by atoms with Gasteiger partial charge in [-0.25, -0.2) is 4.79 Å². The fourth-order valence-electron chi connectivity index (χ4n) is 5.08. The molecule has 0 aromatic heterocycles. The number of likely N-dealkylation sites (N-methyl/N-ethyl adjacent to an activating group) is 1. The molecule has 1 unspecified atom stereocenters. The Bertz CT molecular complexity index is 1070. The topological polar surface area (TPSA) is 77.5 Å². The maximum atomic E-state index is 13.0. The van der Waals surface area contributed by atoms with Gasteiger partial charge in [0.25, 0.3) is 0 Å². The second-order valence-corrected chi connectivity index (χ2v) is 9.42. The van der Waals surface area contributed by atoms with Crippen LogP contribution in [0.1, 0.15) is 41.5 Å². The number of benzene rings is 2. The molecule has 0 saturated heterocycles. The zero-order valence-electron chi connectivity index (χ0n) is 21.7. The minimum atomic E-state index is -0.675. The lowest BCUT2D eigenvalue weighted by Crippen LogP contribution is -2.37. The molecule has 0 radical (unpaired) electrons. The van der Waals surface area contributed by atoms with Crippen LogP contribution in [0.3, 0.4) is 0 Å². The van der Waals surface area contributed by atoms with Crippen molar-refractivity contribution in [3.63, 3.8) is 0 Å². The normalized spacial score (nSPS) is 16.4. The lowest BCUT2D eigenvalue weighted by Gasteiger charge is -2.34. The van der Waals surface area contributed by atoms with Gasteiger partial charge in [-0.3, -0.25) is 4.79 Å². The highest BCUT2D eigenvalue weighted by atomic mass is 16.7.